The van der Waals surface area contributed by atoms with Gasteiger partial charge >= 0.3 is 6.03 Å². The fourth-order valence-electron chi connectivity index (χ4n) is 2.56. The number of urea groups is 1. The lowest BCUT2D eigenvalue weighted by molar-refractivity contribution is -0.131. The van der Waals surface area contributed by atoms with Crippen LogP contribution in [0.4, 0.5) is 4.79 Å². The van der Waals surface area contributed by atoms with Crippen LogP contribution in [0.3, 0.4) is 0 Å². The van der Waals surface area contributed by atoms with Crippen molar-refractivity contribution >= 4 is 11.9 Å². The zero-order valence-corrected chi connectivity index (χ0v) is 11.9. The Morgan fingerprint density at radius 3 is 2.60 bits per heavy atom. The number of hydrogen-bond acceptors (Lipinski definition) is 4. The molecule has 108 valence electrons. The molecule has 0 aliphatic carbocycles. The Kier molecular flexibility index (Phi) is 3.67. The third-order valence-electron chi connectivity index (χ3n) is 3.63. The van der Waals surface area contributed by atoms with Gasteiger partial charge in [0.2, 0.25) is 0 Å². The van der Waals surface area contributed by atoms with E-state index in [1.54, 1.807) is 6.07 Å². The molecule has 1 aliphatic heterocycles. The van der Waals surface area contributed by atoms with Crippen molar-refractivity contribution in [1.82, 2.24) is 10.2 Å². The second-order valence-electron chi connectivity index (χ2n) is 4.94. The van der Waals surface area contributed by atoms with E-state index in [4.69, 9.17) is 10.5 Å². The summed E-state index contributed by atoms with van der Waals surface area (Å²) in [5.74, 6) is 0.254. The normalized spacial score (nSPS) is 22.1. The minimum Gasteiger partial charge on any atom is -0.496 e. The van der Waals surface area contributed by atoms with E-state index in [1.807, 2.05) is 19.1 Å². The fourth-order valence-corrected chi connectivity index (χ4v) is 2.56. The number of carbonyl (C=O) groups excluding carboxylic acids is 2. The predicted octanol–water partition coefficient (Wildman–Crippen LogP) is 0.729. The molecule has 1 aromatic rings. The molecule has 1 saturated heterocycles. The van der Waals surface area contributed by atoms with Gasteiger partial charge in [-0.1, -0.05) is 11.6 Å². The minimum atomic E-state index is -1.14. The molecule has 0 spiro atoms. The standard InChI is InChI=1S/C14H19N3O3/c1-9-4-5-11(20-3)10(8-9)14(6-7-15)12(18)17(2)13(19)16-14/h4-5,8H,6-7,15H2,1-3H3,(H,16,19). The molecule has 0 aromatic heterocycles. The van der Waals surface area contributed by atoms with Crippen LogP contribution < -0.4 is 15.8 Å². The summed E-state index contributed by atoms with van der Waals surface area (Å²) in [6.45, 7) is 2.20. The van der Waals surface area contributed by atoms with Gasteiger partial charge in [0.1, 0.15) is 5.75 Å². The zero-order valence-electron chi connectivity index (χ0n) is 11.9. The van der Waals surface area contributed by atoms with Crippen LogP contribution in [0, 0.1) is 6.92 Å². The summed E-state index contributed by atoms with van der Waals surface area (Å²) < 4.78 is 5.34. The molecular formula is C14H19N3O3. The van der Waals surface area contributed by atoms with Gasteiger partial charge in [-0.25, -0.2) is 4.79 Å². The van der Waals surface area contributed by atoms with Crippen molar-refractivity contribution in [2.24, 2.45) is 5.73 Å². The number of imide groups is 1. The Morgan fingerprint density at radius 2 is 2.10 bits per heavy atom. The first kappa shape index (κ1) is 14.3. The Balaban J connectivity index is 2.63. The van der Waals surface area contributed by atoms with Crippen molar-refractivity contribution in [1.29, 1.82) is 0 Å². The second kappa shape index (κ2) is 5.13. The van der Waals surface area contributed by atoms with Crippen molar-refractivity contribution < 1.29 is 14.3 Å². The summed E-state index contributed by atoms with van der Waals surface area (Å²) >= 11 is 0. The maximum absolute atomic E-state index is 12.5. The van der Waals surface area contributed by atoms with E-state index in [0.29, 0.717) is 17.7 Å². The van der Waals surface area contributed by atoms with Crippen LogP contribution in [-0.2, 0) is 10.3 Å². The number of nitrogens with one attached hydrogen (secondary N) is 1. The van der Waals surface area contributed by atoms with Gasteiger partial charge in [0.15, 0.2) is 5.54 Å². The molecule has 1 unspecified atom stereocenters. The SMILES string of the molecule is COc1ccc(C)cc1C1(CCN)NC(=O)N(C)C1=O. The van der Waals surface area contributed by atoms with Crippen molar-refractivity contribution in [3.8, 4) is 5.75 Å². The number of aryl methyl sites for hydroxylation is 1. The second-order valence-corrected chi connectivity index (χ2v) is 4.94. The van der Waals surface area contributed by atoms with Gasteiger partial charge in [-0.15, -0.1) is 0 Å². The molecule has 6 heteroatoms. The number of carbonyl (C=O) groups is 2. The number of nitrogens with two attached hydrogens (primary N) is 1. The first-order valence-corrected chi connectivity index (χ1v) is 6.41. The predicted molar refractivity (Wildman–Crippen MR) is 74.4 cm³/mol. The monoisotopic (exact) mass is 277 g/mol. The van der Waals surface area contributed by atoms with Gasteiger partial charge in [0, 0.05) is 12.6 Å². The number of hydrogen-bond donors (Lipinski definition) is 2. The number of amides is 3. The largest absolute Gasteiger partial charge is 0.496 e. The molecule has 0 bridgehead atoms. The Labute approximate surface area is 117 Å². The van der Waals surface area contributed by atoms with Gasteiger partial charge in [0.25, 0.3) is 5.91 Å². The maximum atomic E-state index is 12.5. The summed E-state index contributed by atoms with van der Waals surface area (Å²) in [5.41, 5.74) is 6.14. The lowest BCUT2D eigenvalue weighted by atomic mass is 9.85. The molecule has 3 N–H and O–H groups in total. The number of benzene rings is 1. The maximum Gasteiger partial charge on any atom is 0.325 e. The molecule has 3 amide bonds. The summed E-state index contributed by atoms with van der Waals surface area (Å²) in [4.78, 5) is 25.5. The molecule has 1 heterocycles. The van der Waals surface area contributed by atoms with Crippen LogP contribution in [0.1, 0.15) is 17.5 Å². The molecule has 20 heavy (non-hydrogen) atoms. The van der Waals surface area contributed by atoms with E-state index < -0.39 is 11.6 Å². The first-order valence-electron chi connectivity index (χ1n) is 6.41. The van der Waals surface area contributed by atoms with Crippen LogP contribution >= 0.6 is 0 Å². The molecule has 2 rings (SSSR count). The van der Waals surface area contributed by atoms with E-state index in [0.717, 1.165) is 10.5 Å². The van der Waals surface area contributed by atoms with E-state index in [2.05, 4.69) is 5.32 Å². The van der Waals surface area contributed by atoms with Crippen molar-refractivity contribution in [3.05, 3.63) is 29.3 Å². The van der Waals surface area contributed by atoms with E-state index in [9.17, 15) is 9.59 Å². The quantitative estimate of drug-likeness (QED) is 0.795. The molecule has 1 aliphatic rings. The highest BCUT2D eigenvalue weighted by Crippen LogP contribution is 2.37. The average molecular weight is 277 g/mol. The molecule has 0 saturated carbocycles. The average Bonchev–Trinajstić information content (AvgIpc) is 2.64. The molecule has 6 nitrogen and oxygen atoms in total. The summed E-state index contributed by atoms with van der Waals surface area (Å²) in [6.07, 6.45) is 0.321. The van der Waals surface area contributed by atoms with Crippen LogP contribution in [0.2, 0.25) is 0 Å². The van der Waals surface area contributed by atoms with Crippen LogP contribution in [-0.4, -0.2) is 37.5 Å². The number of likely N-dealkylation sites (N-methyl/N-ethyl adjacent to an activating group) is 1. The van der Waals surface area contributed by atoms with Crippen molar-refractivity contribution in [2.75, 3.05) is 20.7 Å². The Hall–Kier alpha value is -2.08. The van der Waals surface area contributed by atoms with Crippen molar-refractivity contribution in [2.45, 2.75) is 18.9 Å². The number of ether oxygens (including phenoxy) is 1. The summed E-state index contributed by atoms with van der Waals surface area (Å²) in [6, 6.07) is 5.11. The third-order valence-corrected chi connectivity index (χ3v) is 3.63. The number of methoxy groups -OCH3 is 1. The topological polar surface area (TPSA) is 84.7 Å². The van der Waals surface area contributed by atoms with Gasteiger partial charge in [-0.2, -0.15) is 0 Å². The van der Waals surface area contributed by atoms with Gasteiger partial charge in [0.05, 0.1) is 7.11 Å². The molecule has 0 radical (unpaired) electrons. The van der Waals surface area contributed by atoms with E-state index in [1.165, 1.54) is 14.2 Å². The van der Waals surface area contributed by atoms with Crippen LogP contribution in [0.25, 0.3) is 0 Å². The highest BCUT2D eigenvalue weighted by molar-refractivity contribution is 6.07. The van der Waals surface area contributed by atoms with Crippen LogP contribution in [0.15, 0.2) is 18.2 Å². The highest BCUT2D eigenvalue weighted by atomic mass is 16.5. The Morgan fingerprint density at radius 1 is 1.40 bits per heavy atom. The first-order chi connectivity index (χ1) is 9.46. The third kappa shape index (κ3) is 2.02. The van der Waals surface area contributed by atoms with Gasteiger partial charge < -0.3 is 15.8 Å². The lowest BCUT2D eigenvalue weighted by Gasteiger charge is -2.28. The van der Waals surface area contributed by atoms with Gasteiger partial charge in [-0.05, 0) is 32.0 Å². The summed E-state index contributed by atoms with van der Waals surface area (Å²) in [7, 11) is 2.99. The molecular weight excluding hydrogens is 258 g/mol. The number of nitrogens with zero attached hydrogens (tertiary/aromatic N) is 1. The number of rotatable bonds is 4. The fraction of sp³-hybridized carbons (Fsp3) is 0.429. The molecule has 1 aromatic carbocycles. The lowest BCUT2D eigenvalue weighted by Crippen LogP contribution is -2.45. The minimum absolute atomic E-state index is 0.275. The van der Waals surface area contributed by atoms with E-state index >= 15 is 0 Å². The van der Waals surface area contributed by atoms with Crippen LogP contribution in [0.5, 0.6) is 5.75 Å². The molecule has 1 atom stereocenters. The zero-order chi connectivity index (χ0) is 14.9. The smallest absolute Gasteiger partial charge is 0.325 e. The van der Waals surface area contributed by atoms with E-state index in [-0.39, 0.29) is 12.5 Å². The Bertz CT molecular complexity index is 559. The van der Waals surface area contributed by atoms with Crippen molar-refractivity contribution in [3.63, 3.8) is 0 Å². The highest BCUT2D eigenvalue weighted by Gasteiger charge is 2.51. The molecule has 1 fully saturated rings. The van der Waals surface area contributed by atoms with Gasteiger partial charge in [-0.3, -0.25) is 9.69 Å². The summed E-state index contributed by atoms with van der Waals surface area (Å²) in [5, 5.41) is 2.76.